The normalized spacial score (nSPS) is 15.3. The lowest BCUT2D eigenvalue weighted by Gasteiger charge is -2.32. The number of piperidine rings is 1. The van der Waals surface area contributed by atoms with Gasteiger partial charge in [-0.1, -0.05) is 36.4 Å². The molecule has 0 atom stereocenters. The van der Waals surface area contributed by atoms with Gasteiger partial charge in [0.1, 0.15) is 0 Å². The molecule has 1 fully saturated rings. The van der Waals surface area contributed by atoms with Crippen LogP contribution in [-0.4, -0.2) is 30.3 Å². The third-order valence-corrected chi connectivity index (χ3v) is 5.32. The molecule has 1 aliphatic heterocycles. The number of hydrogen-bond acceptors (Lipinski definition) is 2. The molecular weight excluding hydrogens is 316 g/mol. The van der Waals surface area contributed by atoms with Gasteiger partial charge in [-0.05, 0) is 55.2 Å². The summed E-state index contributed by atoms with van der Waals surface area (Å²) in [6.07, 6.45) is 5.31. The quantitative estimate of drug-likeness (QED) is 0.803. The fourth-order valence-electron chi connectivity index (χ4n) is 3.19. The molecule has 126 valence electrons. The van der Waals surface area contributed by atoms with Crippen LogP contribution in [0.25, 0.3) is 0 Å². The molecule has 1 N–H and O–H groups in total. The van der Waals surface area contributed by atoms with Crippen LogP contribution < -0.4 is 5.32 Å². The number of benzene rings is 2. The molecule has 0 saturated carbocycles. The summed E-state index contributed by atoms with van der Waals surface area (Å²) in [6.45, 7) is 1.68. The fourth-order valence-corrected chi connectivity index (χ4v) is 3.65. The van der Waals surface area contributed by atoms with Gasteiger partial charge in [0.25, 0.3) is 0 Å². The van der Waals surface area contributed by atoms with E-state index in [2.05, 4.69) is 41.7 Å². The van der Waals surface area contributed by atoms with Crippen molar-refractivity contribution in [3.05, 3.63) is 60.2 Å². The third-order valence-electron chi connectivity index (χ3n) is 4.59. The first-order chi connectivity index (χ1) is 11.7. The Hall–Kier alpha value is -1.94. The Morgan fingerprint density at radius 3 is 2.58 bits per heavy atom. The second-order valence-electron chi connectivity index (χ2n) is 6.28. The average molecular weight is 340 g/mol. The minimum atomic E-state index is 0.0198. The van der Waals surface area contributed by atoms with Crippen LogP contribution in [0.1, 0.15) is 18.4 Å². The smallest absolute Gasteiger partial charge is 0.321 e. The Morgan fingerprint density at radius 2 is 1.88 bits per heavy atom. The first-order valence-corrected chi connectivity index (χ1v) is 9.71. The third kappa shape index (κ3) is 4.54. The molecule has 4 heteroatoms. The maximum atomic E-state index is 12.4. The predicted molar refractivity (Wildman–Crippen MR) is 102 cm³/mol. The molecule has 2 aromatic carbocycles. The first-order valence-electron chi connectivity index (χ1n) is 8.48. The molecule has 2 aromatic rings. The minimum absolute atomic E-state index is 0.0198. The molecular formula is C20H24N2OS. The van der Waals surface area contributed by atoms with Gasteiger partial charge in [-0.3, -0.25) is 0 Å². The summed E-state index contributed by atoms with van der Waals surface area (Å²) in [6, 6.07) is 18.7. The van der Waals surface area contributed by atoms with Crippen molar-refractivity contribution in [3.63, 3.8) is 0 Å². The van der Waals surface area contributed by atoms with E-state index >= 15 is 0 Å². The lowest BCUT2D eigenvalue weighted by atomic mass is 9.90. The van der Waals surface area contributed by atoms with Crippen molar-refractivity contribution >= 4 is 23.5 Å². The Balaban J connectivity index is 1.49. The van der Waals surface area contributed by atoms with Crippen molar-refractivity contribution in [1.82, 2.24) is 4.90 Å². The van der Waals surface area contributed by atoms with Crippen molar-refractivity contribution in [2.24, 2.45) is 5.92 Å². The minimum Gasteiger partial charge on any atom is -0.325 e. The van der Waals surface area contributed by atoms with Crippen LogP contribution in [0.4, 0.5) is 10.5 Å². The molecule has 0 aromatic heterocycles. The summed E-state index contributed by atoms with van der Waals surface area (Å²) in [4.78, 5) is 15.5. The van der Waals surface area contributed by atoms with Crippen LogP contribution in [-0.2, 0) is 6.42 Å². The fraction of sp³-hybridized carbons (Fsp3) is 0.350. The highest BCUT2D eigenvalue weighted by atomic mass is 32.2. The molecule has 3 nitrogen and oxygen atoms in total. The number of rotatable bonds is 4. The van der Waals surface area contributed by atoms with Gasteiger partial charge in [-0.25, -0.2) is 4.79 Å². The van der Waals surface area contributed by atoms with Crippen molar-refractivity contribution in [1.29, 1.82) is 0 Å². The van der Waals surface area contributed by atoms with E-state index in [0.717, 1.165) is 42.9 Å². The highest BCUT2D eigenvalue weighted by Gasteiger charge is 2.23. The van der Waals surface area contributed by atoms with Crippen LogP contribution >= 0.6 is 11.8 Å². The number of nitrogens with one attached hydrogen (secondary N) is 1. The monoisotopic (exact) mass is 340 g/mol. The molecule has 1 heterocycles. The molecule has 0 aliphatic carbocycles. The number of likely N-dealkylation sites (tertiary alicyclic amines) is 1. The summed E-state index contributed by atoms with van der Waals surface area (Å²) in [5.41, 5.74) is 2.27. The van der Waals surface area contributed by atoms with Gasteiger partial charge < -0.3 is 10.2 Å². The van der Waals surface area contributed by atoms with Gasteiger partial charge >= 0.3 is 6.03 Å². The van der Waals surface area contributed by atoms with E-state index in [1.54, 1.807) is 11.8 Å². The molecule has 1 saturated heterocycles. The highest BCUT2D eigenvalue weighted by molar-refractivity contribution is 7.98. The molecule has 24 heavy (non-hydrogen) atoms. The maximum Gasteiger partial charge on any atom is 0.321 e. The zero-order chi connectivity index (χ0) is 16.8. The first kappa shape index (κ1) is 16.9. The number of carbonyl (C=O) groups excluding carboxylic acids is 1. The Morgan fingerprint density at radius 1 is 1.12 bits per heavy atom. The summed E-state index contributed by atoms with van der Waals surface area (Å²) in [5, 5.41) is 3.02. The SMILES string of the molecule is CSc1cccc(NC(=O)N2CCC(Cc3ccccc3)CC2)c1. The van der Waals surface area contributed by atoms with Gasteiger partial charge in [0.15, 0.2) is 0 Å². The maximum absolute atomic E-state index is 12.4. The predicted octanol–water partition coefficient (Wildman–Crippen LogP) is 4.90. The lowest BCUT2D eigenvalue weighted by molar-refractivity contribution is 0.182. The van der Waals surface area contributed by atoms with E-state index in [-0.39, 0.29) is 6.03 Å². The topological polar surface area (TPSA) is 32.3 Å². The average Bonchev–Trinajstić information content (AvgIpc) is 2.63. The van der Waals surface area contributed by atoms with Gasteiger partial charge in [0, 0.05) is 23.7 Å². The molecule has 3 rings (SSSR count). The molecule has 0 spiro atoms. The van der Waals surface area contributed by atoms with Gasteiger partial charge in [0.05, 0.1) is 0 Å². The van der Waals surface area contributed by atoms with Crippen molar-refractivity contribution in [2.45, 2.75) is 24.2 Å². The van der Waals surface area contributed by atoms with Crippen molar-refractivity contribution in [2.75, 3.05) is 24.7 Å². The second kappa shape index (κ2) is 8.25. The number of urea groups is 1. The largest absolute Gasteiger partial charge is 0.325 e. The van der Waals surface area contributed by atoms with Crippen LogP contribution in [0.15, 0.2) is 59.5 Å². The van der Waals surface area contributed by atoms with E-state index in [1.165, 1.54) is 5.56 Å². The highest BCUT2D eigenvalue weighted by Crippen LogP contribution is 2.23. The number of hydrogen-bond donors (Lipinski definition) is 1. The van der Waals surface area contributed by atoms with Crippen LogP contribution in [0, 0.1) is 5.92 Å². The van der Waals surface area contributed by atoms with Crippen LogP contribution in [0.5, 0.6) is 0 Å². The van der Waals surface area contributed by atoms with Crippen LogP contribution in [0.3, 0.4) is 0 Å². The summed E-state index contributed by atoms with van der Waals surface area (Å²) < 4.78 is 0. The van der Waals surface area contributed by atoms with Crippen molar-refractivity contribution in [3.8, 4) is 0 Å². The molecule has 0 radical (unpaired) electrons. The summed E-state index contributed by atoms with van der Waals surface area (Å²) in [5.74, 6) is 0.677. The number of thioether (sulfide) groups is 1. The van der Waals surface area contributed by atoms with E-state index in [1.807, 2.05) is 29.4 Å². The zero-order valence-electron chi connectivity index (χ0n) is 14.1. The van der Waals surface area contributed by atoms with Gasteiger partial charge in [-0.15, -0.1) is 11.8 Å². The van der Waals surface area contributed by atoms with Gasteiger partial charge in [-0.2, -0.15) is 0 Å². The number of amides is 2. The molecule has 2 amide bonds. The van der Waals surface area contributed by atoms with Gasteiger partial charge in [0.2, 0.25) is 0 Å². The molecule has 1 aliphatic rings. The number of carbonyl (C=O) groups is 1. The number of nitrogens with zero attached hydrogens (tertiary/aromatic N) is 1. The van der Waals surface area contributed by atoms with Crippen molar-refractivity contribution < 1.29 is 4.79 Å². The van der Waals surface area contributed by atoms with E-state index < -0.39 is 0 Å². The van der Waals surface area contributed by atoms with E-state index in [4.69, 9.17) is 0 Å². The Kier molecular flexibility index (Phi) is 5.81. The second-order valence-corrected chi connectivity index (χ2v) is 7.16. The Bertz CT molecular complexity index is 666. The molecule has 0 bridgehead atoms. The van der Waals surface area contributed by atoms with Crippen LogP contribution in [0.2, 0.25) is 0 Å². The zero-order valence-corrected chi connectivity index (χ0v) is 14.9. The summed E-state index contributed by atoms with van der Waals surface area (Å²) >= 11 is 1.68. The summed E-state index contributed by atoms with van der Waals surface area (Å²) in [7, 11) is 0. The standard InChI is InChI=1S/C20H24N2OS/c1-24-19-9-5-8-18(15-19)21-20(23)22-12-10-17(11-13-22)14-16-6-3-2-4-7-16/h2-9,15,17H,10-14H2,1H3,(H,21,23). The lowest BCUT2D eigenvalue weighted by Crippen LogP contribution is -2.41. The van der Waals surface area contributed by atoms with E-state index in [9.17, 15) is 4.79 Å². The Labute approximate surface area is 148 Å². The molecule has 0 unspecified atom stereocenters. The van der Waals surface area contributed by atoms with E-state index in [0.29, 0.717) is 5.92 Å². The number of anilines is 1.